The molecule has 0 aliphatic carbocycles. The van der Waals surface area contributed by atoms with Gasteiger partial charge in [0.1, 0.15) is 0 Å². The Morgan fingerprint density at radius 1 is 1.17 bits per heavy atom. The molecule has 4 rings (SSSR count). The van der Waals surface area contributed by atoms with Crippen molar-refractivity contribution in [3.8, 4) is 0 Å². The smallest absolute Gasteiger partial charge is 0.276 e. The number of para-hydroxylation sites is 1. The maximum atomic E-state index is 11.9. The van der Waals surface area contributed by atoms with E-state index < -0.39 is 10.2 Å². The van der Waals surface area contributed by atoms with Crippen LogP contribution in [-0.4, -0.2) is 43.9 Å². The van der Waals surface area contributed by atoms with Crippen LogP contribution in [0.4, 0.5) is 5.69 Å². The molecule has 1 aromatic heterocycles. The summed E-state index contributed by atoms with van der Waals surface area (Å²) in [6.45, 7) is 2.44. The van der Waals surface area contributed by atoms with Gasteiger partial charge in [0.2, 0.25) is 5.56 Å². The summed E-state index contributed by atoms with van der Waals surface area (Å²) >= 11 is 0. The number of hydrogen-bond acceptors (Lipinski definition) is 4. The number of fused-ring (bicyclic) bond motifs is 1. The van der Waals surface area contributed by atoms with Crippen LogP contribution in [-0.2, 0) is 10.2 Å². The number of nitrogens with two attached hydrogens (primary N) is 1. The van der Waals surface area contributed by atoms with Crippen molar-refractivity contribution < 1.29 is 8.42 Å². The first-order chi connectivity index (χ1) is 11.4. The van der Waals surface area contributed by atoms with Crippen LogP contribution in [0.25, 0.3) is 10.9 Å². The van der Waals surface area contributed by atoms with Crippen LogP contribution in [0.3, 0.4) is 0 Å². The van der Waals surface area contributed by atoms with E-state index >= 15 is 0 Å². The summed E-state index contributed by atoms with van der Waals surface area (Å²) < 4.78 is 24.6. The van der Waals surface area contributed by atoms with Gasteiger partial charge < -0.3 is 9.88 Å². The number of rotatable bonds is 2. The number of aromatic nitrogens is 1. The number of hydrogen-bond donors (Lipinski definition) is 2. The number of aromatic amines is 1. The Kier molecular flexibility index (Phi) is 3.45. The fourth-order valence-corrected chi connectivity index (χ4v) is 4.86. The number of nitrogens with one attached hydrogen (secondary N) is 1. The highest BCUT2D eigenvalue weighted by atomic mass is 32.2. The van der Waals surface area contributed by atoms with Crippen molar-refractivity contribution in [2.45, 2.75) is 12.8 Å². The summed E-state index contributed by atoms with van der Waals surface area (Å²) in [6, 6.07) is 9.34. The van der Waals surface area contributed by atoms with E-state index in [1.807, 2.05) is 24.3 Å². The molecule has 2 fully saturated rings. The molecule has 2 aromatic rings. The molecule has 2 aliphatic heterocycles. The van der Waals surface area contributed by atoms with Crippen LogP contribution in [0.5, 0.6) is 0 Å². The van der Waals surface area contributed by atoms with Gasteiger partial charge in [0.05, 0.1) is 11.2 Å². The number of anilines is 1. The van der Waals surface area contributed by atoms with Crippen molar-refractivity contribution in [2.75, 3.05) is 31.1 Å². The second kappa shape index (κ2) is 5.30. The highest BCUT2D eigenvalue weighted by Crippen LogP contribution is 2.42. The maximum Gasteiger partial charge on any atom is 0.276 e. The Bertz CT molecular complexity index is 947. The lowest BCUT2D eigenvalue weighted by molar-refractivity contribution is 0.108. The van der Waals surface area contributed by atoms with Crippen molar-refractivity contribution in [1.29, 1.82) is 0 Å². The molecule has 0 saturated carbocycles. The molecule has 1 spiro atoms. The Labute approximate surface area is 140 Å². The van der Waals surface area contributed by atoms with Crippen LogP contribution in [0.15, 0.2) is 35.1 Å². The summed E-state index contributed by atoms with van der Waals surface area (Å²) in [5.41, 5.74) is 1.54. The second-order valence-electron chi connectivity index (χ2n) is 6.90. The topological polar surface area (TPSA) is 99.5 Å². The lowest BCUT2D eigenvalue weighted by atomic mass is 9.73. The van der Waals surface area contributed by atoms with Crippen molar-refractivity contribution >= 4 is 26.8 Å². The van der Waals surface area contributed by atoms with Crippen LogP contribution in [0, 0.1) is 5.41 Å². The molecule has 0 bridgehead atoms. The molecule has 128 valence electrons. The normalized spacial score (nSPS) is 21.1. The summed E-state index contributed by atoms with van der Waals surface area (Å²) in [5, 5.41) is 6.29. The van der Waals surface area contributed by atoms with Gasteiger partial charge >= 0.3 is 0 Å². The minimum absolute atomic E-state index is 0.0611. The Morgan fingerprint density at radius 3 is 2.67 bits per heavy atom. The molecule has 2 saturated heterocycles. The molecule has 0 unspecified atom stereocenters. The SMILES string of the molecule is NS(=O)(=O)N1CCCC2(CN(c3cc(=O)[nH]c4ccccc34)C2)C1. The zero-order valence-electron chi connectivity index (χ0n) is 13.2. The zero-order chi connectivity index (χ0) is 16.9. The summed E-state index contributed by atoms with van der Waals surface area (Å²) in [7, 11) is -3.64. The van der Waals surface area contributed by atoms with Crippen molar-refractivity contribution in [2.24, 2.45) is 10.6 Å². The quantitative estimate of drug-likeness (QED) is 0.831. The molecule has 24 heavy (non-hydrogen) atoms. The molecule has 0 atom stereocenters. The lowest BCUT2D eigenvalue weighted by Crippen LogP contribution is -2.64. The lowest BCUT2D eigenvalue weighted by Gasteiger charge is -2.55. The molecule has 1 aromatic carbocycles. The third kappa shape index (κ3) is 2.60. The molecule has 0 radical (unpaired) electrons. The molecule has 2 aliphatic rings. The minimum Gasteiger partial charge on any atom is -0.369 e. The zero-order valence-corrected chi connectivity index (χ0v) is 14.1. The first kappa shape index (κ1) is 15.6. The summed E-state index contributed by atoms with van der Waals surface area (Å²) in [4.78, 5) is 16.9. The maximum absolute atomic E-state index is 11.9. The average molecular weight is 348 g/mol. The Morgan fingerprint density at radius 2 is 1.92 bits per heavy atom. The predicted molar refractivity (Wildman–Crippen MR) is 93.1 cm³/mol. The molecule has 0 amide bonds. The van der Waals surface area contributed by atoms with Crippen molar-refractivity contribution in [3.63, 3.8) is 0 Å². The number of piperidine rings is 1. The third-order valence-corrected chi connectivity index (χ3v) is 6.14. The molecule has 3 heterocycles. The largest absolute Gasteiger partial charge is 0.369 e. The molecule has 7 nitrogen and oxygen atoms in total. The number of H-pyrrole nitrogens is 1. The van der Waals surface area contributed by atoms with Gasteiger partial charge in [-0.15, -0.1) is 0 Å². The first-order valence-corrected chi connectivity index (χ1v) is 9.52. The van der Waals surface area contributed by atoms with Gasteiger partial charge in [-0.05, 0) is 18.9 Å². The highest BCUT2D eigenvalue weighted by Gasteiger charge is 2.47. The van der Waals surface area contributed by atoms with Gasteiger partial charge in [0.15, 0.2) is 0 Å². The summed E-state index contributed by atoms with van der Waals surface area (Å²) in [6.07, 6.45) is 1.80. The first-order valence-electron chi connectivity index (χ1n) is 8.01. The van der Waals surface area contributed by atoms with Crippen LogP contribution >= 0.6 is 0 Å². The molecular weight excluding hydrogens is 328 g/mol. The highest BCUT2D eigenvalue weighted by molar-refractivity contribution is 7.86. The number of pyridine rings is 1. The average Bonchev–Trinajstić information content (AvgIpc) is 2.51. The van der Waals surface area contributed by atoms with E-state index in [0.717, 1.165) is 42.5 Å². The van der Waals surface area contributed by atoms with E-state index in [1.54, 1.807) is 6.07 Å². The molecule has 8 heteroatoms. The second-order valence-corrected chi connectivity index (χ2v) is 8.45. The van der Waals surface area contributed by atoms with Gasteiger partial charge in [0, 0.05) is 43.0 Å². The fraction of sp³-hybridized carbons (Fsp3) is 0.438. The van der Waals surface area contributed by atoms with E-state index in [-0.39, 0.29) is 11.0 Å². The molecule has 3 N–H and O–H groups in total. The van der Waals surface area contributed by atoms with E-state index in [9.17, 15) is 13.2 Å². The van der Waals surface area contributed by atoms with Gasteiger partial charge in [-0.2, -0.15) is 12.7 Å². The van der Waals surface area contributed by atoms with Gasteiger partial charge in [-0.3, -0.25) is 4.79 Å². The third-order valence-electron chi connectivity index (χ3n) is 5.11. The van der Waals surface area contributed by atoms with Crippen LogP contribution in [0.1, 0.15) is 12.8 Å². The standard InChI is InChI=1S/C16H20N4O3S/c17-24(22,23)20-7-3-6-16(11-20)9-19(10-16)14-8-15(21)18-13-5-2-1-4-12(13)14/h1-2,4-5,8H,3,6-7,9-11H2,(H,18,21)(H2,17,22,23). The van der Waals surface area contributed by atoms with Gasteiger partial charge in [-0.1, -0.05) is 18.2 Å². The van der Waals surface area contributed by atoms with Crippen molar-refractivity contribution in [3.05, 3.63) is 40.7 Å². The number of nitrogens with zero attached hydrogens (tertiary/aromatic N) is 2. The van der Waals surface area contributed by atoms with Crippen molar-refractivity contribution in [1.82, 2.24) is 9.29 Å². The van der Waals surface area contributed by atoms with E-state index in [1.165, 1.54) is 4.31 Å². The van der Waals surface area contributed by atoms with Crippen LogP contribution in [0.2, 0.25) is 0 Å². The minimum atomic E-state index is -3.64. The van der Waals surface area contributed by atoms with E-state index in [0.29, 0.717) is 13.1 Å². The Balaban J connectivity index is 1.61. The fourth-order valence-electron chi connectivity index (χ4n) is 4.02. The van der Waals surface area contributed by atoms with E-state index in [2.05, 4.69) is 9.88 Å². The number of benzene rings is 1. The monoisotopic (exact) mass is 348 g/mol. The predicted octanol–water partition coefficient (Wildman–Crippen LogP) is 0.634. The van der Waals surface area contributed by atoms with E-state index in [4.69, 9.17) is 5.14 Å². The van der Waals surface area contributed by atoms with Gasteiger partial charge in [-0.25, -0.2) is 5.14 Å². The van der Waals surface area contributed by atoms with Crippen LogP contribution < -0.4 is 15.6 Å². The summed E-state index contributed by atoms with van der Waals surface area (Å²) in [5.74, 6) is 0. The molecular formula is C16H20N4O3S. The Hall–Kier alpha value is -1.90. The van der Waals surface area contributed by atoms with Gasteiger partial charge in [0.25, 0.3) is 10.2 Å².